The maximum Gasteiger partial charge on any atom is 0.320 e. The Morgan fingerprint density at radius 2 is 2.28 bits per heavy atom. The first-order valence-electron chi connectivity index (χ1n) is 5.94. The summed E-state index contributed by atoms with van der Waals surface area (Å²) in [6.45, 7) is 2.43. The first-order chi connectivity index (χ1) is 8.54. The molecule has 0 heterocycles. The molecule has 0 saturated carbocycles. The molecule has 3 nitrogen and oxygen atoms in total. The molecule has 0 bridgehead atoms. The Kier molecular flexibility index (Phi) is 6.29. The van der Waals surface area contributed by atoms with E-state index in [0.29, 0.717) is 17.4 Å². The summed E-state index contributed by atoms with van der Waals surface area (Å²) >= 11 is 3.26. The predicted molar refractivity (Wildman–Crippen MR) is 71.9 cm³/mol. The zero-order valence-corrected chi connectivity index (χ0v) is 11.8. The van der Waals surface area contributed by atoms with Crippen LogP contribution in [0.5, 0.6) is 0 Å². The highest BCUT2D eigenvalue weighted by Gasteiger charge is 2.16. The third-order valence-corrected chi connectivity index (χ3v) is 3.44. The summed E-state index contributed by atoms with van der Waals surface area (Å²) in [6, 6.07) is 3.83. The van der Waals surface area contributed by atoms with Crippen LogP contribution in [0, 0.1) is 5.82 Å². The van der Waals surface area contributed by atoms with Crippen LogP contribution in [0.15, 0.2) is 22.7 Å². The lowest BCUT2D eigenvalue weighted by atomic mass is 10.1. The van der Waals surface area contributed by atoms with Gasteiger partial charge in [-0.1, -0.05) is 41.8 Å². The number of hydrogen-bond acceptors (Lipinski definition) is 2. The number of rotatable bonds is 7. The quantitative estimate of drug-likeness (QED) is 0.811. The molecule has 100 valence electrons. The summed E-state index contributed by atoms with van der Waals surface area (Å²) in [5.41, 5.74) is 0.846. The fourth-order valence-corrected chi connectivity index (χ4v) is 2.11. The van der Waals surface area contributed by atoms with Crippen LogP contribution >= 0.6 is 15.9 Å². The lowest BCUT2D eigenvalue weighted by Gasteiger charge is -2.14. The van der Waals surface area contributed by atoms with Crippen LogP contribution in [0.25, 0.3) is 0 Å². The molecular formula is C13H17BrFNO2. The molecule has 5 heteroatoms. The van der Waals surface area contributed by atoms with E-state index in [1.54, 1.807) is 6.07 Å². The number of carboxylic acids is 1. The van der Waals surface area contributed by atoms with Gasteiger partial charge >= 0.3 is 5.97 Å². The third kappa shape index (κ3) is 4.74. The number of hydrogen-bond donors (Lipinski definition) is 2. The van der Waals surface area contributed by atoms with Crippen LogP contribution in [-0.2, 0) is 11.3 Å². The minimum absolute atomic E-state index is 0.314. The topological polar surface area (TPSA) is 49.3 Å². The van der Waals surface area contributed by atoms with Crippen LogP contribution in [0.4, 0.5) is 4.39 Å². The van der Waals surface area contributed by atoms with Crippen molar-refractivity contribution in [1.82, 2.24) is 5.32 Å². The van der Waals surface area contributed by atoms with E-state index in [0.717, 1.165) is 18.4 Å². The molecule has 0 fully saturated rings. The Hall–Kier alpha value is -0.940. The Morgan fingerprint density at radius 1 is 1.56 bits per heavy atom. The number of carbonyl (C=O) groups is 1. The van der Waals surface area contributed by atoms with Gasteiger partial charge in [-0.2, -0.15) is 0 Å². The predicted octanol–water partition coefficient (Wildman–Crippen LogP) is 3.32. The molecule has 2 N–H and O–H groups in total. The zero-order valence-electron chi connectivity index (χ0n) is 10.2. The minimum atomic E-state index is -0.846. The Morgan fingerprint density at radius 3 is 2.83 bits per heavy atom. The summed E-state index contributed by atoms with van der Waals surface area (Å²) in [6.07, 6.45) is 2.44. The van der Waals surface area contributed by atoms with Crippen molar-refractivity contribution in [3.63, 3.8) is 0 Å². The van der Waals surface area contributed by atoms with Gasteiger partial charge in [-0.15, -0.1) is 0 Å². The smallest absolute Gasteiger partial charge is 0.320 e. The van der Waals surface area contributed by atoms with Crippen molar-refractivity contribution in [2.24, 2.45) is 0 Å². The van der Waals surface area contributed by atoms with E-state index in [4.69, 9.17) is 5.11 Å². The van der Waals surface area contributed by atoms with Gasteiger partial charge in [0.25, 0.3) is 0 Å². The maximum atomic E-state index is 12.9. The Balaban J connectivity index is 2.58. The van der Waals surface area contributed by atoms with Gasteiger partial charge in [-0.05, 0) is 24.1 Å². The van der Waals surface area contributed by atoms with E-state index in [1.165, 1.54) is 12.1 Å². The van der Waals surface area contributed by atoms with Gasteiger partial charge in [-0.25, -0.2) is 4.39 Å². The number of aliphatic carboxylic acids is 1. The molecule has 0 aromatic heterocycles. The highest BCUT2D eigenvalue weighted by Crippen LogP contribution is 2.18. The molecule has 0 spiro atoms. The second-order valence-corrected chi connectivity index (χ2v) is 5.00. The molecule has 1 aromatic rings. The van der Waals surface area contributed by atoms with Crippen molar-refractivity contribution in [1.29, 1.82) is 0 Å². The Bertz CT molecular complexity index is 412. The van der Waals surface area contributed by atoms with Gasteiger partial charge in [0, 0.05) is 11.0 Å². The average molecular weight is 318 g/mol. The van der Waals surface area contributed by atoms with Gasteiger partial charge in [0.05, 0.1) is 0 Å². The van der Waals surface area contributed by atoms with Crippen molar-refractivity contribution in [3.05, 3.63) is 34.1 Å². The standard InChI is InChI=1S/C13H17BrFNO2/c1-2-3-4-12(13(17)18)16-8-9-5-6-10(15)7-11(9)14/h5-7,12,16H,2-4,8H2,1H3,(H,17,18)/t12-/m0/s1. The number of benzene rings is 1. The number of carboxylic acid groups (broad SMARTS) is 1. The normalized spacial score (nSPS) is 12.4. The number of halogens is 2. The lowest BCUT2D eigenvalue weighted by molar-refractivity contribution is -0.139. The van der Waals surface area contributed by atoms with E-state index in [9.17, 15) is 9.18 Å². The van der Waals surface area contributed by atoms with E-state index in [-0.39, 0.29) is 5.82 Å². The van der Waals surface area contributed by atoms with Crippen molar-refractivity contribution >= 4 is 21.9 Å². The van der Waals surface area contributed by atoms with Crippen LogP contribution < -0.4 is 5.32 Å². The molecule has 0 aliphatic rings. The Labute approximate surface area is 115 Å². The fourth-order valence-electron chi connectivity index (χ4n) is 1.62. The monoisotopic (exact) mass is 317 g/mol. The second kappa shape index (κ2) is 7.48. The summed E-state index contributed by atoms with van der Waals surface area (Å²) in [7, 11) is 0. The van der Waals surface area contributed by atoms with Gasteiger partial charge in [0.1, 0.15) is 11.9 Å². The summed E-state index contributed by atoms with van der Waals surface area (Å²) in [5.74, 6) is -1.16. The second-order valence-electron chi connectivity index (χ2n) is 4.15. The molecule has 1 aromatic carbocycles. The third-order valence-electron chi connectivity index (χ3n) is 2.70. The van der Waals surface area contributed by atoms with Crippen LogP contribution in [0.1, 0.15) is 31.7 Å². The molecule has 0 radical (unpaired) electrons. The molecule has 1 atom stereocenters. The molecule has 0 aliphatic heterocycles. The molecule has 0 aliphatic carbocycles. The highest BCUT2D eigenvalue weighted by atomic mass is 79.9. The van der Waals surface area contributed by atoms with E-state index in [2.05, 4.69) is 21.2 Å². The first kappa shape index (κ1) is 15.1. The van der Waals surface area contributed by atoms with Crippen molar-refractivity contribution in [2.75, 3.05) is 0 Å². The summed E-state index contributed by atoms with van der Waals surface area (Å²) < 4.78 is 13.5. The molecule has 18 heavy (non-hydrogen) atoms. The van der Waals surface area contributed by atoms with Crippen LogP contribution in [0.3, 0.4) is 0 Å². The van der Waals surface area contributed by atoms with Gasteiger partial charge in [-0.3, -0.25) is 4.79 Å². The lowest BCUT2D eigenvalue weighted by Crippen LogP contribution is -2.36. The fraction of sp³-hybridized carbons (Fsp3) is 0.462. The zero-order chi connectivity index (χ0) is 13.5. The number of unbranched alkanes of at least 4 members (excludes halogenated alkanes) is 1. The average Bonchev–Trinajstić information content (AvgIpc) is 2.31. The summed E-state index contributed by atoms with van der Waals surface area (Å²) in [5, 5.41) is 12.0. The van der Waals surface area contributed by atoms with Crippen molar-refractivity contribution in [3.8, 4) is 0 Å². The van der Waals surface area contributed by atoms with E-state index < -0.39 is 12.0 Å². The van der Waals surface area contributed by atoms with Crippen LogP contribution in [-0.4, -0.2) is 17.1 Å². The van der Waals surface area contributed by atoms with Crippen molar-refractivity contribution in [2.45, 2.75) is 38.8 Å². The van der Waals surface area contributed by atoms with Gasteiger partial charge in [0.15, 0.2) is 0 Å². The molecule has 0 unspecified atom stereocenters. The molecule has 0 saturated heterocycles. The van der Waals surface area contributed by atoms with E-state index >= 15 is 0 Å². The van der Waals surface area contributed by atoms with Gasteiger partial charge in [0.2, 0.25) is 0 Å². The first-order valence-corrected chi connectivity index (χ1v) is 6.74. The number of nitrogens with one attached hydrogen (secondary N) is 1. The largest absolute Gasteiger partial charge is 0.480 e. The highest BCUT2D eigenvalue weighted by molar-refractivity contribution is 9.10. The van der Waals surface area contributed by atoms with E-state index in [1.807, 2.05) is 6.92 Å². The molecular weight excluding hydrogens is 301 g/mol. The van der Waals surface area contributed by atoms with Crippen LogP contribution in [0.2, 0.25) is 0 Å². The molecule has 1 rings (SSSR count). The summed E-state index contributed by atoms with van der Waals surface area (Å²) in [4.78, 5) is 11.0. The maximum absolute atomic E-state index is 12.9. The SMILES string of the molecule is CCCC[C@H](NCc1ccc(F)cc1Br)C(=O)O. The molecule has 0 amide bonds. The minimum Gasteiger partial charge on any atom is -0.480 e. The van der Waals surface area contributed by atoms with Gasteiger partial charge < -0.3 is 10.4 Å². The van der Waals surface area contributed by atoms with Crippen molar-refractivity contribution < 1.29 is 14.3 Å².